The number of amides is 1. The maximum atomic E-state index is 12.5. The molecule has 0 unspecified atom stereocenters. The van der Waals surface area contributed by atoms with Crippen molar-refractivity contribution in [2.75, 3.05) is 18.0 Å². The lowest BCUT2D eigenvalue weighted by atomic mass is 10.0. The summed E-state index contributed by atoms with van der Waals surface area (Å²) in [5.41, 5.74) is 3.22. The molecule has 4 rings (SSSR count). The average Bonchev–Trinajstić information content (AvgIpc) is 3.07. The molecule has 126 valence electrons. The first-order chi connectivity index (χ1) is 12.3. The van der Waals surface area contributed by atoms with Crippen molar-refractivity contribution in [2.24, 2.45) is 10.2 Å². The summed E-state index contributed by atoms with van der Waals surface area (Å²) in [5.74, 6) is 0.107. The highest BCUT2D eigenvalue weighted by atomic mass is 32.1. The molecule has 0 atom stereocenters. The standard InChI is InChI=1S/C19H18N4OS/c24-18(23-13-5-7-14-6-1-3-9-16(14)23)11-12-20-22-19-21-15-8-2-4-10-17(15)25-19/h1-4,6,8-10H,5,7,11-13H2. The maximum absolute atomic E-state index is 12.5. The molecule has 0 saturated carbocycles. The average molecular weight is 350 g/mol. The Labute approximate surface area is 150 Å². The van der Waals surface area contributed by atoms with E-state index >= 15 is 0 Å². The molecule has 2 heterocycles. The molecule has 0 bridgehead atoms. The van der Waals surface area contributed by atoms with Gasteiger partial charge in [-0.1, -0.05) is 41.7 Å². The Balaban J connectivity index is 1.38. The van der Waals surface area contributed by atoms with Crippen LogP contribution in [0.25, 0.3) is 10.2 Å². The van der Waals surface area contributed by atoms with Crippen LogP contribution in [-0.4, -0.2) is 24.0 Å². The molecule has 6 heteroatoms. The van der Waals surface area contributed by atoms with Gasteiger partial charge in [0.2, 0.25) is 11.0 Å². The zero-order valence-corrected chi connectivity index (χ0v) is 14.6. The molecule has 2 aromatic carbocycles. The van der Waals surface area contributed by atoms with Crippen LogP contribution in [0.1, 0.15) is 18.4 Å². The van der Waals surface area contributed by atoms with Gasteiger partial charge >= 0.3 is 0 Å². The van der Waals surface area contributed by atoms with Gasteiger partial charge in [-0.15, -0.1) is 5.11 Å². The van der Waals surface area contributed by atoms with Crippen LogP contribution < -0.4 is 4.90 Å². The highest BCUT2D eigenvalue weighted by Crippen LogP contribution is 2.28. The van der Waals surface area contributed by atoms with Gasteiger partial charge in [0.25, 0.3) is 0 Å². The largest absolute Gasteiger partial charge is 0.312 e. The second-order valence-corrected chi connectivity index (χ2v) is 6.97. The van der Waals surface area contributed by atoms with Gasteiger partial charge in [-0.2, -0.15) is 5.11 Å². The molecule has 0 fully saturated rings. The van der Waals surface area contributed by atoms with Gasteiger partial charge in [-0.25, -0.2) is 4.98 Å². The first-order valence-electron chi connectivity index (χ1n) is 8.42. The monoisotopic (exact) mass is 350 g/mol. The summed E-state index contributed by atoms with van der Waals surface area (Å²) in [5, 5.41) is 8.96. The third kappa shape index (κ3) is 3.44. The van der Waals surface area contributed by atoms with Gasteiger partial charge in [0.1, 0.15) is 0 Å². The van der Waals surface area contributed by atoms with Crippen molar-refractivity contribution in [1.82, 2.24) is 4.98 Å². The number of aryl methyl sites for hydroxylation is 1. The number of fused-ring (bicyclic) bond motifs is 2. The molecule has 1 aromatic heterocycles. The van der Waals surface area contributed by atoms with Crippen molar-refractivity contribution in [3.8, 4) is 0 Å². The van der Waals surface area contributed by atoms with E-state index in [0.29, 0.717) is 18.1 Å². The Kier molecular flexibility index (Phi) is 4.52. The number of hydrogen-bond donors (Lipinski definition) is 0. The number of hydrogen-bond acceptors (Lipinski definition) is 5. The van der Waals surface area contributed by atoms with E-state index in [9.17, 15) is 4.79 Å². The molecular weight excluding hydrogens is 332 g/mol. The third-order valence-corrected chi connectivity index (χ3v) is 5.20. The minimum atomic E-state index is 0.107. The third-order valence-electron chi connectivity index (χ3n) is 4.28. The Morgan fingerprint density at radius 1 is 1.16 bits per heavy atom. The molecule has 1 amide bonds. The molecule has 25 heavy (non-hydrogen) atoms. The lowest BCUT2D eigenvalue weighted by Crippen LogP contribution is -2.35. The quantitative estimate of drug-likeness (QED) is 0.638. The predicted octanol–water partition coefficient (Wildman–Crippen LogP) is 4.75. The van der Waals surface area contributed by atoms with E-state index in [4.69, 9.17) is 0 Å². The van der Waals surface area contributed by atoms with E-state index in [1.807, 2.05) is 47.4 Å². The Bertz CT molecular complexity index is 901. The topological polar surface area (TPSA) is 57.9 Å². The second kappa shape index (κ2) is 7.11. The van der Waals surface area contributed by atoms with Crippen LogP contribution in [0, 0.1) is 0 Å². The van der Waals surface area contributed by atoms with Crippen LogP contribution >= 0.6 is 11.3 Å². The van der Waals surface area contributed by atoms with Gasteiger partial charge in [0.15, 0.2) is 0 Å². The van der Waals surface area contributed by atoms with Crippen LogP contribution in [-0.2, 0) is 11.2 Å². The molecule has 1 aliphatic rings. The lowest BCUT2D eigenvalue weighted by Gasteiger charge is -2.29. The normalized spacial score (nSPS) is 14.2. The van der Waals surface area contributed by atoms with Gasteiger partial charge in [0.05, 0.1) is 16.8 Å². The molecule has 1 aliphatic heterocycles. The van der Waals surface area contributed by atoms with E-state index in [2.05, 4.69) is 21.3 Å². The SMILES string of the molecule is O=C(CCN=Nc1nc2ccccc2s1)N1CCCc2ccccc21. The molecule has 0 spiro atoms. The van der Waals surface area contributed by atoms with Crippen molar-refractivity contribution < 1.29 is 4.79 Å². The van der Waals surface area contributed by atoms with Gasteiger partial charge in [0, 0.05) is 18.7 Å². The van der Waals surface area contributed by atoms with E-state index < -0.39 is 0 Å². The first-order valence-corrected chi connectivity index (χ1v) is 9.24. The lowest BCUT2D eigenvalue weighted by molar-refractivity contribution is -0.118. The van der Waals surface area contributed by atoms with Gasteiger partial charge in [-0.05, 0) is 36.6 Å². The number of azo groups is 1. The van der Waals surface area contributed by atoms with Crippen LogP contribution in [0.2, 0.25) is 0 Å². The number of nitrogens with zero attached hydrogens (tertiary/aromatic N) is 4. The fourth-order valence-electron chi connectivity index (χ4n) is 3.09. The molecular formula is C19H18N4OS. The van der Waals surface area contributed by atoms with Crippen molar-refractivity contribution in [3.63, 3.8) is 0 Å². The minimum Gasteiger partial charge on any atom is -0.312 e. The molecule has 0 saturated heterocycles. The van der Waals surface area contributed by atoms with Crippen molar-refractivity contribution in [3.05, 3.63) is 54.1 Å². The Hall–Kier alpha value is -2.60. The fourth-order valence-corrected chi connectivity index (χ4v) is 3.89. The number of aromatic nitrogens is 1. The number of carbonyl (C=O) groups excluding carboxylic acids is 1. The predicted molar refractivity (Wildman–Crippen MR) is 101 cm³/mol. The number of anilines is 1. The van der Waals surface area contributed by atoms with E-state index in [1.54, 1.807) is 0 Å². The fraction of sp³-hybridized carbons (Fsp3) is 0.263. The smallest absolute Gasteiger partial charge is 0.230 e. The first kappa shape index (κ1) is 15.9. The molecule has 0 radical (unpaired) electrons. The number of thiazole rings is 1. The zero-order valence-electron chi connectivity index (χ0n) is 13.8. The molecule has 0 aliphatic carbocycles. The Morgan fingerprint density at radius 3 is 2.92 bits per heavy atom. The summed E-state index contributed by atoms with van der Waals surface area (Å²) in [6.45, 7) is 1.16. The van der Waals surface area contributed by atoms with Crippen LogP contribution in [0.4, 0.5) is 10.8 Å². The minimum absolute atomic E-state index is 0.107. The number of para-hydroxylation sites is 2. The number of rotatable bonds is 4. The van der Waals surface area contributed by atoms with E-state index in [0.717, 1.165) is 35.3 Å². The molecule has 3 aromatic rings. The molecule has 5 nitrogen and oxygen atoms in total. The summed E-state index contributed by atoms with van der Waals surface area (Å²) in [6, 6.07) is 16.0. The highest BCUT2D eigenvalue weighted by molar-refractivity contribution is 7.21. The zero-order chi connectivity index (χ0) is 17.1. The van der Waals surface area contributed by atoms with Crippen molar-refractivity contribution in [1.29, 1.82) is 0 Å². The second-order valence-electron chi connectivity index (χ2n) is 5.96. The van der Waals surface area contributed by atoms with Crippen LogP contribution in [0.3, 0.4) is 0 Å². The van der Waals surface area contributed by atoms with Crippen LogP contribution in [0.5, 0.6) is 0 Å². The highest BCUT2D eigenvalue weighted by Gasteiger charge is 2.21. The summed E-state index contributed by atoms with van der Waals surface area (Å²) in [4.78, 5) is 18.8. The summed E-state index contributed by atoms with van der Waals surface area (Å²) in [6.07, 6.45) is 2.41. The summed E-state index contributed by atoms with van der Waals surface area (Å²) < 4.78 is 1.09. The van der Waals surface area contributed by atoms with E-state index in [-0.39, 0.29) is 5.91 Å². The molecule has 0 N–H and O–H groups in total. The van der Waals surface area contributed by atoms with Gasteiger partial charge in [-0.3, -0.25) is 4.79 Å². The number of carbonyl (C=O) groups is 1. The maximum Gasteiger partial charge on any atom is 0.230 e. The van der Waals surface area contributed by atoms with Gasteiger partial charge < -0.3 is 4.90 Å². The van der Waals surface area contributed by atoms with Crippen LogP contribution in [0.15, 0.2) is 58.8 Å². The van der Waals surface area contributed by atoms with Crippen molar-refractivity contribution >= 4 is 38.3 Å². The van der Waals surface area contributed by atoms with E-state index in [1.165, 1.54) is 16.9 Å². The summed E-state index contributed by atoms with van der Waals surface area (Å²) in [7, 11) is 0. The Morgan fingerprint density at radius 2 is 2.00 bits per heavy atom. The summed E-state index contributed by atoms with van der Waals surface area (Å²) >= 11 is 1.51. The van der Waals surface area contributed by atoms with Crippen molar-refractivity contribution in [2.45, 2.75) is 19.3 Å². The number of benzene rings is 2.